The van der Waals surface area contributed by atoms with Gasteiger partial charge in [0.15, 0.2) is 0 Å². The van der Waals surface area contributed by atoms with Crippen LogP contribution in [-0.2, 0) is 6.54 Å². The molecule has 0 saturated heterocycles. The highest BCUT2D eigenvalue weighted by Crippen LogP contribution is 2.45. The number of aliphatic hydroxyl groups excluding tert-OH is 1. The number of ether oxygens (including phenoxy) is 1. The van der Waals surface area contributed by atoms with Crippen molar-refractivity contribution in [1.29, 1.82) is 0 Å². The number of fused-ring (bicyclic) bond motifs is 2. The van der Waals surface area contributed by atoms with E-state index in [2.05, 4.69) is 22.6 Å². The second kappa shape index (κ2) is 5.46. The van der Waals surface area contributed by atoms with Crippen LogP contribution < -0.4 is 4.74 Å². The first-order chi connectivity index (χ1) is 11.4. The summed E-state index contributed by atoms with van der Waals surface area (Å²) in [7, 11) is 0. The fourth-order valence-electron chi connectivity index (χ4n) is 3.58. The Morgan fingerprint density at radius 3 is 2.75 bits per heavy atom. The lowest BCUT2D eigenvalue weighted by Crippen LogP contribution is -2.53. The number of benzene rings is 2. The molecule has 2 atom stereocenters. The van der Waals surface area contributed by atoms with Gasteiger partial charge in [0.05, 0.1) is 6.04 Å². The Morgan fingerprint density at radius 2 is 2.00 bits per heavy atom. The maximum atomic E-state index is 12.9. The Hall–Kier alpha value is -1.60. The van der Waals surface area contributed by atoms with E-state index < -0.39 is 17.7 Å². The molecule has 0 spiro atoms. The van der Waals surface area contributed by atoms with Gasteiger partial charge in [0.1, 0.15) is 17.5 Å². The zero-order valence-corrected chi connectivity index (χ0v) is 15.6. The number of hydrogen-bond acceptors (Lipinski definition) is 3. The van der Waals surface area contributed by atoms with Crippen LogP contribution in [0.2, 0.25) is 0 Å². The molecule has 2 aromatic rings. The van der Waals surface area contributed by atoms with Crippen LogP contribution in [-0.4, -0.2) is 27.6 Å². The summed E-state index contributed by atoms with van der Waals surface area (Å²) in [5, 5.41) is 11.0. The first-order valence-electron chi connectivity index (χ1n) is 7.94. The summed E-state index contributed by atoms with van der Waals surface area (Å²) in [5.41, 5.74) is 1.83. The molecule has 4 nitrogen and oxygen atoms in total. The molecule has 2 aliphatic heterocycles. The van der Waals surface area contributed by atoms with E-state index in [1.165, 1.54) is 0 Å². The number of carbonyl (C=O) groups excluding carboxylic acids is 1. The van der Waals surface area contributed by atoms with Gasteiger partial charge in [-0.1, -0.05) is 18.2 Å². The zero-order valence-electron chi connectivity index (χ0n) is 13.5. The van der Waals surface area contributed by atoms with Crippen molar-refractivity contribution < 1.29 is 14.6 Å². The minimum absolute atomic E-state index is 0.0304. The largest absolute Gasteiger partial charge is 0.485 e. The zero-order chi connectivity index (χ0) is 17.1. The van der Waals surface area contributed by atoms with E-state index in [9.17, 15) is 9.90 Å². The summed E-state index contributed by atoms with van der Waals surface area (Å²) in [6, 6.07) is 13.1. The van der Waals surface area contributed by atoms with Gasteiger partial charge < -0.3 is 14.7 Å². The first-order valence-corrected chi connectivity index (χ1v) is 9.02. The number of aliphatic hydroxyl groups is 1. The number of hydrogen-bond donors (Lipinski definition) is 1. The molecule has 5 heteroatoms. The van der Waals surface area contributed by atoms with E-state index >= 15 is 0 Å². The van der Waals surface area contributed by atoms with Gasteiger partial charge in [-0.05, 0) is 66.3 Å². The van der Waals surface area contributed by atoms with Crippen LogP contribution in [0.25, 0.3) is 0 Å². The molecule has 0 unspecified atom stereocenters. The third-order valence-electron chi connectivity index (χ3n) is 4.86. The lowest BCUT2D eigenvalue weighted by Gasteiger charge is -2.45. The van der Waals surface area contributed by atoms with Gasteiger partial charge in [-0.3, -0.25) is 4.79 Å². The van der Waals surface area contributed by atoms with E-state index in [4.69, 9.17) is 4.74 Å². The number of halogens is 1. The van der Waals surface area contributed by atoms with Crippen LogP contribution in [0, 0.1) is 3.57 Å². The third-order valence-corrected chi connectivity index (χ3v) is 5.53. The van der Waals surface area contributed by atoms with Crippen LogP contribution in [0.15, 0.2) is 42.5 Å². The lowest BCUT2D eigenvalue weighted by atomic mass is 9.85. The van der Waals surface area contributed by atoms with Crippen LogP contribution in [0.4, 0.5) is 0 Å². The first kappa shape index (κ1) is 15.9. The average Bonchev–Trinajstić information content (AvgIpc) is 2.86. The highest BCUT2D eigenvalue weighted by Gasteiger charge is 2.48. The summed E-state index contributed by atoms with van der Waals surface area (Å²) in [6.07, 6.45) is -0.804. The molecule has 2 heterocycles. The SMILES string of the molecule is CC1(C)Oc2ccc(I)cc2[C@H](N2Cc3ccccc3C2=O)[C@H]1O. The van der Waals surface area contributed by atoms with Crippen molar-refractivity contribution in [2.75, 3.05) is 0 Å². The van der Waals surface area contributed by atoms with E-state index in [1.54, 1.807) is 4.90 Å². The maximum Gasteiger partial charge on any atom is 0.255 e. The molecule has 0 radical (unpaired) electrons. The third kappa shape index (κ3) is 2.33. The Balaban J connectivity index is 1.83. The molecule has 2 aliphatic rings. The number of nitrogens with zero attached hydrogens (tertiary/aromatic N) is 1. The normalized spacial score (nSPS) is 24.3. The molecule has 0 aliphatic carbocycles. The van der Waals surface area contributed by atoms with Gasteiger partial charge in [0, 0.05) is 21.2 Å². The minimum atomic E-state index is -0.804. The predicted octanol–water partition coefficient (Wildman–Crippen LogP) is 3.52. The quantitative estimate of drug-likeness (QED) is 0.698. The molecule has 2 aromatic carbocycles. The predicted molar refractivity (Wildman–Crippen MR) is 98.9 cm³/mol. The standard InChI is InChI=1S/C19H18INO3/c1-19(2)17(22)16(14-9-12(20)7-8-15(14)24-19)21-10-11-5-3-4-6-13(11)18(21)23/h3-9,16-17,22H,10H2,1-2H3/t16-,17+/m0/s1. The molecule has 1 N–H and O–H groups in total. The molecule has 1 amide bonds. The Bertz CT molecular complexity index is 833. The Kier molecular flexibility index (Phi) is 3.61. The summed E-state index contributed by atoms with van der Waals surface area (Å²) < 4.78 is 7.05. The molecule has 24 heavy (non-hydrogen) atoms. The monoisotopic (exact) mass is 435 g/mol. The minimum Gasteiger partial charge on any atom is -0.485 e. The molecule has 4 rings (SSSR count). The van der Waals surface area contributed by atoms with Crippen molar-refractivity contribution >= 4 is 28.5 Å². The Morgan fingerprint density at radius 1 is 1.25 bits per heavy atom. The van der Waals surface area contributed by atoms with Crippen LogP contribution in [0.5, 0.6) is 5.75 Å². The second-order valence-electron chi connectivity index (χ2n) is 6.87. The van der Waals surface area contributed by atoms with E-state index in [0.29, 0.717) is 6.54 Å². The van der Waals surface area contributed by atoms with Crippen molar-refractivity contribution in [3.63, 3.8) is 0 Å². The topological polar surface area (TPSA) is 49.8 Å². The number of rotatable bonds is 1. The summed E-state index contributed by atoms with van der Waals surface area (Å²) in [5.74, 6) is 0.705. The van der Waals surface area contributed by atoms with Gasteiger partial charge in [-0.25, -0.2) is 0 Å². The fraction of sp³-hybridized carbons (Fsp3) is 0.316. The Labute approximate surface area is 154 Å². The van der Waals surface area contributed by atoms with Crippen LogP contribution >= 0.6 is 22.6 Å². The van der Waals surface area contributed by atoms with Gasteiger partial charge in [0.2, 0.25) is 0 Å². The second-order valence-corrected chi connectivity index (χ2v) is 8.11. The van der Waals surface area contributed by atoms with E-state index in [1.807, 2.05) is 56.3 Å². The molecule has 0 bridgehead atoms. The molecule has 0 saturated carbocycles. The maximum absolute atomic E-state index is 12.9. The summed E-state index contributed by atoms with van der Waals surface area (Å²) in [6.45, 7) is 4.23. The van der Waals surface area contributed by atoms with Crippen molar-refractivity contribution in [1.82, 2.24) is 4.90 Å². The lowest BCUT2D eigenvalue weighted by molar-refractivity contribution is -0.0868. The van der Waals surface area contributed by atoms with Crippen LogP contribution in [0.1, 0.15) is 41.4 Å². The summed E-state index contributed by atoms with van der Waals surface area (Å²) in [4.78, 5) is 14.7. The van der Waals surface area contributed by atoms with E-state index in [0.717, 1.165) is 26.0 Å². The smallest absolute Gasteiger partial charge is 0.255 e. The molecule has 0 aromatic heterocycles. The van der Waals surface area contributed by atoms with Gasteiger partial charge in [-0.2, -0.15) is 0 Å². The average molecular weight is 435 g/mol. The van der Waals surface area contributed by atoms with Crippen molar-refractivity contribution in [3.8, 4) is 5.75 Å². The highest BCUT2D eigenvalue weighted by molar-refractivity contribution is 14.1. The summed E-state index contributed by atoms with van der Waals surface area (Å²) >= 11 is 2.24. The fourth-order valence-corrected chi connectivity index (χ4v) is 4.09. The van der Waals surface area contributed by atoms with E-state index in [-0.39, 0.29) is 5.91 Å². The number of carbonyl (C=O) groups is 1. The highest BCUT2D eigenvalue weighted by atomic mass is 127. The van der Waals surface area contributed by atoms with Gasteiger partial charge >= 0.3 is 0 Å². The number of amides is 1. The van der Waals surface area contributed by atoms with Crippen molar-refractivity contribution in [2.24, 2.45) is 0 Å². The molecular formula is C19H18INO3. The molecular weight excluding hydrogens is 417 g/mol. The molecule has 124 valence electrons. The van der Waals surface area contributed by atoms with Gasteiger partial charge in [0.25, 0.3) is 5.91 Å². The van der Waals surface area contributed by atoms with Crippen molar-refractivity contribution in [2.45, 2.75) is 38.1 Å². The van der Waals surface area contributed by atoms with Gasteiger partial charge in [-0.15, -0.1) is 0 Å². The van der Waals surface area contributed by atoms with Crippen LogP contribution in [0.3, 0.4) is 0 Å². The molecule has 0 fully saturated rings. The van der Waals surface area contributed by atoms with Crippen molar-refractivity contribution in [3.05, 3.63) is 62.7 Å².